The van der Waals surface area contributed by atoms with Crippen molar-refractivity contribution in [2.24, 2.45) is 0 Å². The Morgan fingerprint density at radius 2 is 1.95 bits per heavy atom. The lowest BCUT2D eigenvalue weighted by Gasteiger charge is -2.32. The van der Waals surface area contributed by atoms with Crippen LogP contribution in [0, 0.1) is 0 Å². The van der Waals surface area contributed by atoms with Crippen molar-refractivity contribution in [2.75, 3.05) is 11.4 Å². The average molecular weight is 322 g/mol. The van der Waals surface area contributed by atoms with Crippen LogP contribution in [0.1, 0.15) is 28.4 Å². The number of amides is 1. The molecule has 0 saturated carbocycles. The van der Waals surface area contributed by atoms with Crippen molar-refractivity contribution >= 4 is 34.8 Å². The molecule has 1 atom stereocenters. The largest absolute Gasteiger partial charge is 0.388 e. The third-order valence-electron chi connectivity index (χ3n) is 3.61. The van der Waals surface area contributed by atoms with E-state index in [1.165, 1.54) is 0 Å². The highest BCUT2D eigenvalue weighted by atomic mass is 35.5. The minimum Gasteiger partial charge on any atom is -0.388 e. The fourth-order valence-electron chi connectivity index (χ4n) is 2.56. The Morgan fingerprint density at radius 3 is 2.71 bits per heavy atom. The van der Waals surface area contributed by atoms with Gasteiger partial charge in [-0.05, 0) is 36.8 Å². The van der Waals surface area contributed by atoms with Crippen LogP contribution >= 0.6 is 23.2 Å². The summed E-state index contributed by atoms with van der Waals surface area (Å²) in [6, 6.07) is 12.1. The van der Waals surface area contributed by atoms with Gasteiger partial charge >= 0.3 is 0 Å². The second-order valence-electron chi connectivity index (χ2n) is 4.94. The summed E-state index contributed by atoms with van der Waals surface area (Å²) in [6.45, 7) is 0.444. The number of carbonyl (C=O) groups is 1. The van der Waals surface area contributed by atoms with Gasteiger partial charge < -0.3 is 10.0 Å². The smallest absolute Gasteiger partial charge is 0.259 e. The number of fused-ring (bicyclic) bond motifs is 1. The molecule has 0 fully saturated rings. The van der Waals surface area contributed by atoms with Crippen molar-refractivity contribution < 1.29 is 9.90 Å². The summed E-state index contributed by atoms with van der Waals surface area (Å²) in [4.78, 5) is 14.3. The number of benzene rings is 2. The number of hydrogen-bond donors (Lipinski definition) is 1. The molecule has 1 N–H and O–H groups in total. The summed E-state index contributed by atoms with van der Waals surface area (Å²) in [5.74, 6) is -0.170. The van der Waals surface area contributed by atoms with E-state index in [1.807, 2.05) is 0 Å². The van der Waals surface area contributed by atoms with Crippen molar-refractivity contribution in [3.63, 3.8) is 0 Å². The van der Waals surface area contributed by atoms with Gasteiger partial charge in [0.2, 0.25) is 0 Å². The highest BCUT2D eigenvalue weighted by Gasteiger charge is 2.29. The lowest BCUT2D eigenvalue weighted by atomic mass is 9.98. The Balaban J connectivity index is 2.03. The van der Waals surface area contributed by atoms with Crippen LogP contribution in [0.15, 0.2) is 42.5 Å². The van der Waals surface area contributed by atoms with E-state index in [4.69, 9.17) is 23.2 Å². The number of nitrogens with zero attached hydrogens (tertiary/aromatic N) is 1. The third-order valence-corrected chi connectivity index (χ3v) is 4.18. The van der Waals surface area contributed by atoms with Crippen LogP contribution < -0.4 is 4.90 Å². The summed E-state index contributed by atoms with van der Waals surface area (Å²) in [6.07, 6.45) is -0.127. The summed E-state index contributed by atoms with van der Waals surface area (Å²) < 4.78 is 0. The third kappa shape index (κ3) is 2.64. The van der Waals surface area contributed by atoms with Crippen LogP contribution in [0.2, 0.25) is 10.0 Å². The molecule has 0 aliphatic carbocycles. The van der Waals surface area contributed by atoms with Gasteiger partial charge in [0, 0.05) is 22.8 Å². The van der Waals surface area contributed by atoms with Crippen molar-refractivity contribution in [2.45, 2.75) is 12.5 Å². The number of hydrogen-bond acceptors (Lipinski definition) is 2. The van der Waals surface area contributed by atoms with Gasteiger partial charge in [0.15, 0.2) is 0 Å². The van der Waals surface area contributed by atoms with Crippen molar-refractivity contribution in [1.29, 1.82) is 0 Å². The van der Waals surface area contributed by atoms with E-state index in [-0.39, 0.29) is 5.91 Å². The van der Waals surface area contributed by atoms with Gasteiger partial charge in [-0.3, -0.25) is 4.79 Å². The average Bonchev–Trinajstić information content (AvgIpc) is 2.48. The molecule has 2 aromatic rings. The Hall–Kier alpha value is -1.55. The zero-order valence-electron chi connectivity index (χ0n) is 11.1. The van der Waals surface area contributed by atoms with Crippen LogP contribution in [-0.4, -0.2) is 17.6 Å². The van der Waals surface area contributed by atoms with Crippen molar-refractivity contribution in [3.8, 4) is 0 Å². The second kappa shape index (κ2) is 5.68. The molecule has 108 valence electrons. The molecule has 1 unspecified atom stereocenters. The van der Waals surface area contributed by atoms with Crippen molar-refractivity contribution in [1.82, 2.24) is 0 Å². The molecule has 1 amide bonds. The fourth-order valence-corrected chi connectivity index (χ4v) is 2.95. The number of halogens is 2. The molecule has 1 aliphatic heterocycles. The fraction of sp³-hybridized carbons (Fsp3) is 0.188. The van der Waals surface area contributed by atoms with Crippen LogP contribution in [0.4, 0.5) is 5.69 Å². The van der Waals surface area contributed by atoms with Gasteiger partial charge in [-0.15, -0.1) is 0 Å². The quantitative estimate of drug-likeness (QED) is 0.859. The van der Waals surface area contributed by atoms with Gasteiger partial charge in [0.05, 0.1) is 16.7 Å². The molecular formula is C16H13Cl2NO2. The monoisotopic (exact) mass is 321 g/mol. The predicted octanol–water partition coefficient (Wildman–Crippen LogP) is 4.08. The van der Waals surface area contributed by atoms with Crippen LogP contribution in [0.3, 0.4) is 0 Å². The molecule has 0 saturated heterocycles. The van der Waals surface area contributed by atoms with E-state index in [0.29, 0.717) is 39.8 Å². The molecule has 1 heterocycles. The maximum Gasteiger partial charge on any atom is 0.259 e. The van der Waals surface area contributed by atoms with Crippen LogP contribution in [0.25, 0.3) is 0 Å². The molecule has 21 heavy (non-hydrogen) atoms. The molecule has 5 heteroatoms. The number of aliphatic hydroxyl groups is 1. The van der Waals surface area contributed by atoms with Gasteiger partial charge in [0.1, 0.15) is 0 Å². The van der Waals surface area contributed by atoms with Crippen molar-refractivity contribution in [3.05, 3.63) is 63.6 Å². The maximum absolute atomic E-state index is 12.7. The Kier molecular flexibility index (Phi) is 3.89. The number of carbonyl (C=O) groups excluding carboxylic acids is 1. The number of anilines is 1. The first-order valence-corrected chi connectivity index (χ1v) is 7.37. The minimum atomic E-state index is -0.603. The van der Waals surface area contributed by atoms with Gasteiger partial charge in [-0.25, -0.2) is 0 Å². The molecular weight excluding hydrogens is 309 g/mol. The van der Waals surface area contributed by atoms with E-state index in [0.717, 1.165) is 0 Å². The molecule has 0 bridgehead atoms. The molecule has 3 nitrogen and oxygen atoms in total. The molecule has 0 spiro atoms. The van der Waals surface area contributed by atoms with E-state index in [1.54, 1.807) is 47.4 Å². The Labute approximate surface area is 132 Å². The predicted molar refractivity (Wildman–Crippen MR) is 84.2 cm³/mol. The van der Waals surface area contributed by atoms with Gasteiger partial charge in [-0.2, -0.15) is 0 Å². The van der Waals surface area contributed by atoms with E-state index < -0.39 is 6.10 Å². The Morgan fingerprint density at radius 1 is 1.19 bits per heavy atom. The highest BCUT2D eigenvalue weighted by molar-refractivity contribution is 6.34. The summed E-state index contributed by atoms with van der Waals surface area (Å²) in [5, 5.41) is 11.0. The summed E-state index contributed by atoms with van der Waals surface area (Å²) in [7, 11) is 0. The summed E-state index contributed by atoms with van der Waals surface area (Å²) >= 11 is 12.1. The lowest BCUT2D eigenvalue weighted by Crippen LogP contribution is -2.36. The van der Waals surface area contributed by atoms with Crippen LogP contribution in [0.5, 0.6) is 0 Å². The van der Waals surface area contributed by atoms with Gasteiger partial charge in [0.25, 0.3) is 5.91 Å². The van der Waals surface area contributed by atoms with E-state index in [2.05, 4.69) is 0 Å². The lowest BCUT2D eigenvalue weighted by molar-refractivity contribution is 0.0970. The molecule has 2 aromatic carbocycles. The molecule has 1 aliphatic rings. The van der Waals surface area contributed by atoms with Gasteiger partial charge in [-0.1, -0.05) is 35.3 Å². The standard InChI is InChI=1S/C16H13Cl2NO2/c17-10-5-6-14-12(9-10)15(20)7-8-19(14)16(21)11-3-1-2-4-13(11)18/h1-6,9,15,20H,7-8H2. The normalized spacial score (nSPS) is 17.5. The first-order valence-electron chi connectivity index (χ1n) is 6.62. The first kappa shape index (κ1) is 14.4. The van der Waals surface area contributed by atoms with E-state index in [9.17, 15) is 9.90 Å². The zero-order valence-corrected chi connectivity index (χ0v) is 12.6. The minimum absolute atomic E-state index is 0.170. The second-order valence-corrected chi connectivity index (χ2v) is 5.79. The Bertz CT molecular complexity index is 702. The van der Waals surface area contributed by atoms with Crippen LogP contribution in [-0.2, 0) is 0 Å². The zero-order chi connectivity index (χ0) is 15.0. The first-order chi connectivity index (χ1) is 10.1. The molecule has 0 aromatic heterocycles. The number of aliphatic hydroxyl groups excluding tert-OH is 1. The topological polar surface area (TPSA) is 40.5 Å². The van der Waals surface area contributed by atoms with E-state index >= 15 is 0 Å². The number of rotatable bonds is 1. The molecule has 3 rings (SSSR count). The summed E-state index contributed by atoms with van der Waals surface area (Å²) in [5.41, 5.74) is 1.81. The molecule has 0 radical (unpaired) electrons. The maximum atomic E-state index is 12.7. The SMILES string of the molecule is O=C(c1ccccc1Cl)N1CCC(O)c2cc(Cl)ccc21. The highest BCUT2D eigenvalue weighted by Crippen LogP contribution is 2.36.